The summed E-state index contributed by atoms with van der Waals surface area (Å²) in [5.41, 5.74) is 0.919. The monoisotopic (exact) mass is 455 g/mol. The van der Waals surface area contributed by atoms with Crippen LogP contribution in [-0.4, -0.2) is 25.5 Å². The highest BCUT2D eigenvalue weighted by atomic mass is 79.9. The van der Waals surface area contributed by atoms with Gasteiger partial charge in [0.25, 0.3) is 0 Å². The summed E-state index contributed by atoms with van der Waals surface area (Å²) >= 11 is 2.91. The fourth-order valence-electron chi connectivity index (χ4n) is 2.64. The molecule has 0 saturated carbocycles. The summed E-state index contributed by atoms with van der Waals surface area (Å²) < 4.78 is 41.4. The highest BCUT2D eigenvalue weighted by Crippen LogP contribution is 2.35. The van der Waals surface area contributed by atoms with Crippen molar-refractivity contribution in [3.05, 3.63) is 64.1 Å². The van der Waals surface area contributed by atoms with Crippen LogP contribution < -0.4 is 5.32 Å². The number of carbonyl (C=O) groups is 1. The molecule has 10 heteroatoms. The predicted molar refractivity (Wildman–Crippen MR) is 101 cm³/mol. The van der Waals surface area contributed by atoms with Crippen molar-refractivity contribution in [2.45, 2.75) is 32.6 Å². The van der Waals surface area contributed by atoms with E-state index in [-0.39, 0.29) is 23.3 Å². The van der Waals surface area contributed by atoms with Crippen LogP contribution in [0.5, 0.6) is 0 Å². The van der Waals surface area contributed by atoms with Crippen LogP contribution in [0.25, 0.3) is 0 Å². The number of hydrogen-bond donors (Lipinski definition) is 1. The van der Waals surface area contributed by atoms with Crippen molar-refractivity contribution in [1.29, 1.82) is 0 Å². The Bertz CT molecular complexity index is 966. The molecule has 0 aliphatic carbocycles. The van der Waals surface area contributed by atoms with Crippen molar-refractivity contribution < 1.29 is 18.0 Å². The number of benzene rings is 1. The summed E-state index contributed by atoms with van der Waals surface area (Å²) in [4.78, 5) is 12.1. The van der Waals surface area contributed by atoms with E-state index in [1.165, 1.54) is 17.8 Å². The SMILES string of the molecule is Cc1c(Br)c(C(F)(F)F)nn1CCC(=O)Nc1cnn(Cc2ccccc2)c1. The Labute approximate surface area is 167 Å². The number of halogens is 4. The first-order chi connectivity index (χ1) is 13.2. The Morgan fingerprint density at radius 3 is 2.61 bits per heavy atom. The molecule has 148 valence electrons. The molecule has 0 spiro atoms. The third-order valence-electron chi connectivity index (χ3n) is 4.06. The van der Waals surface area contributed by atoms with Crippen molar-refractivity contribution in [3.63, 3.8) is 0 Å². The van der Waals surface area contributed by atoms with E-state index in [0.717, 1.165) is 5.56 Å². The Kier molecular flexibility index (Phi) is 5.87. The van der Waals surface area contributed by atoms with Crippen molar-refractivity contribution in [1.82, 2.24) is 19.6 Å². The van der Waals surface area contributed by atoms with E-state index in [9.17, 15) is 18.0 Å². The predicted octanol–water partition coefficient (Wildman–Crippen LogP) is 4.25. The van der Waals surface area contributed by atoms with E-state index < -0.39 is 11.9 Å². The van der Waals surface area contributed by atoms with Gasteiger partial charge in [0.2, 0.25) is 5.91 Å². The van der Waals surface area contributed by atoms with E-state index in [1.54, 1.807) is 10.9 Å². The summed E-state index contributed by atoms with van der Waals surface area (Å²) in [6.45, 7) is 2.11. The molecule has 0 fully saturated rings. The van der Waals surface area contributed by atoms with Gasteiger partial charge in [-0.3, -0.25) is 14.2 Å². The van der Waals surface area contributed by atoms with Crippen LogP contribution >= 0.6 is 15.9 Å². The number of anilines is 1. The minimum atomic E-state index is -4.55. The molecule has 0 unspecified atom stereocenters. The molecule has 1 N–H and O–H groups in total. The van der Waals surface area contributed by atoms with Gasteiger partial charge in [-0.05, 0) is 28.4 Å². The Hall–Kier alpha value is -2.62. The second kappa shape index (κ2) is 8.17. The molecule has 28 heavy (non-hydrogen) atoms. The maximum atomic E-state index is 12.9. The zero-order valence-electron chi connectivity index (χ0n) is 14.9. The summed E-state index contributed by atoms with van der Waals surface area (Å²) in [7, 11) is 0. The van der Waals surface area contributed by atoms with E-state index in [4.69, 9.17) is 0 Å². The Morgan fingerprint density at radius 2 is 1.96 bits per heavy atom. The molecule has 0 atom stereocenters. The molecule has 6 nitrogen and oxygen atoms in total. The van der Waals surface area contributed by atoms with Gasteiger partial charge < -0.3 is 5.32 Å². The topological polar surface area (TPSA) is 64.7 Å². The fourth-order valence-corrected chi connectivity index (χ4v) is 3.15. The molecular formula is C18H17BrF3N5O. The second-order valence-corrected chi connectivity index (χ2v) is 6.97. The molecule has 0 radical (unpaired) electrons. The number of nitrogens with zero attached hydrogens (tertiary/aromatic N) is 4. The lowest BCUT2D eigenvalue weighted by Crippen LogP contribution is -2.16. The first-order valence-corrected chi connectivity index (χ1v) is 9.19. The molecule has 0 aliphatic rings. The van der Waals surface area contributed by atoms with Crippen LogP contribution in [0.4, 0.5) is 18.9 Å². The summed E-state index contributed by atoms with van der Waals surface area (Å²) in [6, 6.07) is 9.73. The van der Waals surface area contributed by atoms with Gasteiger partial charge in [-0.1, -0.05) is 30.3 Å². The number of aromatic nitrogens is 4. The Balaban J connectivity index is 1.57. The summed E-state index contributed by atoms with van der Waals surface area (Å²) in [5.74, 6) is -0.334. The molecule has 0 bridgehead atoms. The maximum Gasteiger partial charge on any atom is 0.436 e. The quantitative estimate of drug-likeness (QED) is 0.604. The van der Waals surface area contributed by atoms with Crippen molar-refractivity contribution in [2.75, 3.05) is 5.32 Å². The van der Waals surface area contributed by atoms with Crippen LogP contribution in [0, 0.1) is 6.92 Å². The number of amides is 1. The molecule has 1 aromatic carbocycles. The average Bonchev–Trinajstić information content (AvgIpc) is 3.19. The van der Waals surface area contributed by atoms with E-state index >= 15 is 0 Å². The second-order valence-electron chi connectivity index (χ2n) is 6.18. The van der Waals surface area contributed by atoms with Crippen LogP contribution in [0.1, 0.15) is 23.4 Å². The van der Waals surface area contributed by atoms with Crippen LogP contribution in [-0.2, 0) is 24.1 Å². The van der Waals surface area contributed by atoms with Crippen molar-refractivity contribution in [3.8, 4) is 0 Å². The van der Waals surface area contributed by atoms with Crippen LogP contribution in [0.15, 0.2) is 47.2 Å². The smallest absolute Gasteiger partial charge is 0.323 e. The van der Waals surface area contributed by atoms with E-state index in [1.807, 2.05) is 30.3 Å². The summed E-state index contributed by atoms with van der Waals surface area (Å²) in [6.07, 6.45) is -1.35. The first-order valence-electron chi connectivity index (χ1n) is 8.40. The number of rotatable bonds is 6. The van der Waals surface area contributed by atoms with Gasteiger partial charge in [-0.15, -0.1) is 0 Å². The lowest BCUT2D eigenvalue weighted by atomic mass is 10.2. The minimum absolute atomic E-state index is 0.0177. The van der Waals surface area contributed by atoms with E-state index in [2.05, 4.69) is 31.4 Å². The molecule has 0 aliphatic heterocycles. The highest BCUT2D eigenvalue weighted by molar-refractivity contribution is 9.10. The van der Waals surface area contributed by atoms with Crippen LogP contribution in [0.2, 0.25) is 0 Å². The Morgan fingerprint density at radius 1 is 1.25 bits per heavy atom. The van der Waals surface area contributed by atoms with E-state index in [0.29, 0.717) is 17.9 Å². The number of alkyl halides is 3. The minimum Gasteiger partial charge on any atom is -0.323 e. The molecule has 3 aromatic rings. The molecule has 1 amide bonds. The average molecular weight is 456 g/mol. The van der Waals surface area contributed by atoms with Gasteiger partial charge in [0.1, 0.15) is 0 Å². The van der Waals surface area contributed by atoms with Gasteiger partial charge in [0, 0.05) is 12.6 Å². The fraction of sp³-hybridized carbons (Fsp3) is 0.278. The normalized spacial score (nSPS) is 11.6. The molecule has 3 rings (SSSR count). The van der Waals surface area contributed by atoms with Gasteiger partial charge in [-0.2, -0.15) is 23.4 Å². The first kappa shape index (κ1) is 20.1. The number of aryl methyl sites for hydroxylation is 1. The molecule has 2 aromatic heterocycles. The van der Waals surface area contributed by atoms with Gasteiger partial charge in [-0.25, -0.2) is 0 Å². The molecular weight excluding hydrogens is 439 g/mol. The van der Waals surface area contributed by atoms with Gasteiger partial charge in [0.15, 0.2) is 5.69 Å². The van der Waals surface area contributed by atoms with Crippen molar-refractivity contribution in [2.24, 2.45) is 0 Å². The third-order valence-corrected chi connectivity index (χ3v) is 5.01. The largest absolute Gasteiger partial charge is 0.436 e. The van der Waals surface area contributed by atoms with Gasteiger partial charge >= 0.3 is 6.18 Å². The number of hydrogen-bond acceptors (Lipinski definition) is 3. The lowest BCUT2D eigenvalue weighted by molar-refractivity contribution is -0.142. The molecule has 0 saturated heterocycles. The number of carbonyl (C=O) groups excluding carboxylic acids is 1. The summed E-state index contributed by atoms with van der Waals surface area (Å²) in [5, 5.41) is 10.4. The lowest BCUT2D eigenvalue weighted by Gasteiger charge is -2.05. The maximum absolute atomic E-state index is 12.9. The van der Waals surface area contributed by atoms with Crippen molar-refractivity contribution >= 4 is 27.5 Å². The highest BCUT2D eigenvalue weighted by Gasteiger charge is 2.37. The molecule has 2 heterocycles. The zero-order valence-corrected chi connectivity index (χ0v) is 16.5. The third kappa shape index (κ3) is 4.80. The number of nitrogens with one attached hydrogen (secondary N) is 1. The van der Waals surface area contributed by atoms with Gasteiger partial charge in [0.05, 0.1) is 35.1 Å². The standard InChI is InChI=1S/C18H17BrF3N5O/c1-12-16(19)17(18(20,21)22)25-27(12)8-7-15(28)24-14-9-23-26(11-14)10-13-5-3-2-4-6-13/h2-6,9,11H,7-8,10H2,1H3,(H,24,28). The van der Waals surface area contributed by atoms with Crippen LogP contribution in [0.3, 0.4) is 0 Å². The zero-order chi connectivity index (χ0) is 20.3.